The molecule has 0 saturated heterocycles. The van der Waals surface area contributed by atoms with E-state index < -0.39 is 34.7 Å². The van der Waals surface area contributed by atoms with E-state index in [2.05, 4.69) is 11.4 Å². The van der Waals surface area contributed by atoms with Gasteiger partial charge in [-0.25, -0.2) is 0 Å². The molecule has 2 heterocycles. The van der Waals surface area contributed by atoms with Gasteiger partial charge < -0.3 is 19.9 Å². The van der Waals surface area contributed by atoms with Gasteiger partial charge in [-0.3, -0.25) is 9.79 Å². The van der Waals surface area contributed by atoms with Crippen LogP contribution in [0.1, 0.15) is 53.1 Å². The highest BCUT2D eigenvalue weighted by atomic mass is 16.5. The SMILES string of the molecule is COC(=O)[C@@H]1[C@@H](c2ccccc2)[C@]2(c3ccc(C)cc3)Oc3cc(C)cc(C)c3[C@@]23N=C(C(C)C)N[C@@]13O. The fourth-order valence-electron chi connectivity index (χ4n) is 7.21. The molecule has 0 unspecified atom stereocenters. The number of benzene rings is 3. The Hall–Kier alpha value is -3.64. The van der Waals surface area contributed by atoms with Crippen molar-refractivity contribution in [3.05, 3.63) is 100 Å². The number of aryl methyl sites for hydroxylation is 3. The number of esters is 1. The standard InChI is InChI=1S/C32H34N2O4/c1-18(2)28-33-31-25-21(5)16-20(4)17-24(25)38-30(31,23-14-12-19(3)13-15-23)26(22-10-8-7-9-11-22)27(29(35)37-6)32(31,36)34-28/h7-18,26-27,36H,1-6H3,(H,33,34)/t26-,27+,30+,31-,32-/m1/s1. The first-order valence-electron chi connectivity index (χ1n) is 13.2. The molecule has 1 fully saturated rings. The molecule has 1 saturated carbocycles. The summed E-state index contributed by atoms with van der Waals surface area (Å²) in [5.74, 6) is -0.824. The van der Waals surface area contributed by atoms with Crippen LogP contribution in [0.3, 0.4) is 0 Å². The lowest BCUT2D eigenvalue weighted by Crippen LogP contribution is -2.62. The molecule has 0 radical (unpaired) electrons. The van der Waals surface area contributed by atoms with Gasteiger partial charge in [-0.2, -0.15) is 0 Å². The number of aliphatic hydroxyl groups is 1. The van der Waals surface area contributed by atoms with E-state index in [0.717, 1.165) is 33.4 Å². The predicted molar refractivity (Wildman–Crippen MR) is 146 cm³/mol. The maximum absolute atomic E-state index is 13.8. The van der Waals surface area contributed by atoms with Crippen LogP contribution in [0.25, 0.3) is 0 Å². The Morgan fingerprint density at radius 2 is 1.71 bits per heavy atom. The van der Waals surface area contributed by atoms with E-state index in [4.69, 9.17) is 14.5 Å². The second-order valence-corrected chi connectivity index (χ2v) is 11.3. The molecule has 3 aromatic rings. The highest BCUT2D eigenvalue weighted by molar-refractivity contribution is 5.92. The number of ether oxygens (including phenoxy) is 2. The van der Waals surface area contributed by atoms with Gasteiger partial charge in [0, 0.05) is 17.4 Å². The average Bonchev–Trinajstić information content (AvgIpc) is 3.42. The number of methoxy groups -OCH3 is 1. The summed E-state index contributed by atoms with van der Waals surface area (Å²) < 4.78 is 12.6. The third kappa shape index (κ3) is 2.87. The van der Waals surface area contributed by atoms with Crippen molar-refractivity contribution in [1.82, 2.24) is 5.32 Å². The molecule has 38 heavy (non-hydrogen) atoms. The minimum absolute atomic E-state index is 0.0157. The van der Waals surface area contributed by atoms with E-state index in [1.165, 1.54) is 7.11 Å². The minimum atomic E-state index is -1.81. The van der Waals surface area contributed by atoms with Crippen molar-refractivity contribution < 1.29 is 19.4 Å². The third-order valence-corrected chi connectivity index (χ3v) is 8.63. The molecule has 1 aliphatic carbocycles. The van der Waals surface area contributed by atoms with Gasteiger partial charge in [-0.05, 0) is 49.1 Å². The first kappa shape index (κ1) is 24.7. The number of nitrogens with zero attached hydrogens (tertiary/aromatic N) is 1. The highest BCUT2D eigenvalue weighted by Gasteiger charge is 2.86. The summed E-state index contributed by atoms with van der Waals surface area (Å²) >= 11 is 0. The summed E-state index contributed by atoms with van der Waals surface area (Å²) in [6.07, 6.45) is 0. The van der Waals surface area contributed by atoms with Gasteiger partial charge in [-0.1, -0.05) is 80.1 Å². The van der Waals surface area contributed by atoms with Crippen molar-refractivity contribution in [2.45, 2.75) is 57.4 Å². The van der Waals surface area contributed by atoms with Crippen molar-refractivity contribution in [3.63, 3.8) is 0 Å². The van der Waals surface area contributed by atoms with E-state index in [9.17, 15) is 9.90 Å². The van der Waals surface area contributed by atoms with Crippen LogP contribution in [0, 0.1) is 32.6 Å². The zero-order chi connectivity index (χ0) is 27.0. The van der Waals surface area contributed by atoms with Crippen LogP contribution >= 0.6 is 0 Å². The number of rotatable bonds is 4. The van der Waals surface area contributed by atoms with Crippen LogP contribution in [-0.4, -0.2) is 29.7 Å². The van der Waals surface area contributed by atoms with Crippen molar-refractivity contribution in [3.8, 4) is 5.75 Å². The largest absolute Gasteiger partial charge is 0.478 e. The molecular formula is C32H34N2O4. The van der Waals surface area contributed by atoms with Crippen LogP contribution in [0.2, 0.25) is 0 Å². The summed E-state index contributed by atoms with van der Waals surface area (Å²) in [6, 6.07) is 22.1. The van der Waals surface area contributed by atoms with Crippen molar-refractivity contribution in [2.24, 2.45) is 16.8 Å². The molecule has 1 spiro atoms. The van der Waals surface area contributed by atoms with Crippen molar-refractivity contribution in [2.75, 3.05) is 7.11 Å². The summed E-state index contributed by atoms with van der Waals surface area (Å²) in [5, 5.41) is 16.4. The molecule has 196 valence electrons. The molecule has 3 aliphatic rings. The Morgan fingerprint density at radius 3 is 2.34 bits per heavy atom. The fraction of sp³-hybridized carbons (Fsp3) is 0.375. The van der Waals surface area contributed by atoms with Gasteiger partial charge in [-0.15, -0.1) is 0 Å². The molecule has 2 N–H and O–H groups in total. The number of nitrogens with one attached hydrogen (secondary N) is 1. The van der Waals surface area contributed by atoms with E-state index >= 15 is 0 Å². The number of aliphatic imine (C=N–C) groups is 1. The molecule has 5 atom stereocenters. The van der Waals surface area contributed by atoms with Crippen LogP contribution in [0.4, 0.5) is 0 Å². The first-order valence-corrected chi connectivity index (χ1v) is 13.2. The number of fused-ring (bicyclic) bond motifs is 1. The number of amidine groups is 1. The summed E-state index contributed by atoms with van der Waals surface area (Å²) in [5.41, 5.74) is 1.26. The van der Waals surface area contributed by atoms with Gasteiger partial charge in [0.25, 0.3) is 0 Å². The third-order valence-electron chi connectivity index (χ3n) is 8.63. The molecular weight excluding hydrogens is 476 g/mol. The molecule has 6 rings (SSSR count). The van der Waals surface area contributed by atoms with Gasteiger partial charge in [0.05, 0.1) is 7.11 Å². The van der Waals surface area contributed by atoms with Crippen LogP contribution in [-0.2, 0) is 20.7 Å². The summed E-state index contributed by atoms with van der Waals surface area (Å²) in [7, 11) is 1.37. The monoisotopic (exact) mass is 510 g/mol. The minimum Gasteiger partial charge on any atom is -0.478 e. The van der Waals surface area contributed by atoms with E-state index in [1.54, 1.807) is 0 Å². The maximum Gasteiger partial charge on any atom is 0.314 e. The fourth-order valence-corrected chi connectivity index (χ4v) is 7.21. The summed E-state index contributed by atoms with van der Waals surface area (Å²) in [4.78, 5) is 19.2. The van der Waals surface area contributed by atoms with Crippen molar-refractivity contribution in [1.29, 1.82) is 0 Å². The van der Waals surface area contributed by atoms with Crippen LogP contribution in [0.5, 0.6) is 5.75 Å². The van der Waals surface area contributed by atoms with Crippen LogP contribution < -0.4 is 10.1 Å². The molecule has 2 aliphatic heterocycles. The van der Waals surface area contributed by atoms with E-state index in [1.807, 2.05) is 95.3 Å². The second-order valence-electron chi connectivity index (χ2n) is 11.3. The maximum atomic E-state index is 13.8. The summed E-state index contributed by atoms with van der Waals surface area (Å²) in [6.45, 7) is 10.2. The Labute approximate surface area is 223 Å². The predicted octanol–water partition coefficient (Wildman–Crippen LogP) is 5.03. The van der Waals surface area contributed by atoms with Gasteiger partial charge in [0.2, 0.25) is 0 Å². The molecule has 3 aromatic carbocycles. The molecule has 0 amide bonds. The number of hydrogen-bond donors (Lipinski definition) is 2. The molecule has 0 bridgehead atoms. The molecule has 6 heteroatoms. The molecule has 0 aromatic heterocycles. The Kier molecular flexibility index (Phi) is 5.31. The second kappa shape index (κ2) is 8.18. The van der Waals surface area contributed by atoms with Gasteiger partial charge in [0.15, 0.2) is 16.9 Å². The number of carbonyl (C=O) groups is 1. The first-order chi connectivity index (χ1) is 18.1. The lowest BCUT2D eigenvalue weighted by Gasteiger charge is -2.42. The smallest absolute Gasteiger partial charge is 0.314 e. The van der Waals surface area contributed by atoms with Gasteiger partial charge >= 0.3 is 5.97 Å². The topological polar surface area (TPSA) is 80.2 Å². The van der Waals surface area contributed by atoms with E-state index in [0.29, 0.717) is 11.6 Å². The Balaban J connectivity index is 1.82. The lowest BCUT2D eigenvalue weighted by molar-refractivity contribution is -0.158. The quantitative estimate of drug-likeness (QED) is 0.482. The Bertz CT molecular complexity index is 1460. The highest BCUT2D eigenvalue weighted by Crippen LogP contribution is 2.74. The average molecular weight is 511 g/mol. The van der Waals surface area contributed by atoms with E-state index in [-0.39, 0.29) is 5.92 Å². The lowest BCUT2D eigenvalue weighted by atomic mass is 9.68. The zero-order valence-electron chi connectivity index (χ0n) is 22.7. The molecule has 6 nitrogen and oxygen atoms in total. The van der Waals surface area contributed by atoms with Crippen LogP contribution in [0.15, 0.2) is 71.7 Å². The Morgan fingerprint density at radius 1 is 1.03 bits per heavy atom. The normalized spacial score (nSPS) is 30.7. The van der Waals surface area contributed by atoms with Crippen molar-refractivity contribution >= 4 is 11.8 Å². The number of carbonyl (C=O) groups excluding carboxylic acids is 1. The number of hydrogen-bond acceptors (Lipinski definition) is 6. The zero-order valence-corrected chi connectivity index (χ0v) is 22.7. The van der Waals surface area contributed by atoms with Gasteiger partial charge in [0.1, 0.15) is 17.5 Å².